The second-order valence-electron chi connectivity index (χ2n) is 10.7. The van der Waals surface area contributed by atoms with Crippen LogP contribution in [0.2, 0.25) is 5.15 Å². The van der Waals surface area contributed by atoms with Gasteiger partial charge in [-0.2, -0.15) is 5.26 Å². The standard InChI is InChI=1S/C22H19Cl2NO3.C9H10ClN5O2/c1-22(2)17(12-19(23)24)20(22)21(26)28-18(13-25)14-7-6-10-16(11-14)27-15-8-4-3-5-9-15;10-8-2-1-7(5-12-8)6-14-4-3-11-9(14)13-15(16)17/h3-12,17-18,20H,1-2H3;1-2,5H,3-4,6H2,(H,11,13)/t17-,18?,20+;/m1./s1. The Hall–Kier alpha value is -4.37. The predicted octanol–water partition coefficient (Wildman–Crippen LogP) is 6.87. The lowest BCUT2D eigenvalue weighted by molar-refractivity contribution is -0.485. The van der Waals surface area contributed by atoms with Crippen LogP contribution in [0.1, 0.15) is 31.1 Å². The molecule has 1 unspecified atom stereocenters. The maximum absolute atomic E-state index is 12.6. The first kappa shape index (κ1) is 33.5. The fourth-order valence-electron chi connectivity index (χ4n) is 4.87. The summed E-state index contributed by atoms with van der Waals surface area (Å²) in [5.41, 5.74) is 1.16. The molecule has 45 heavy (non-hydrogen) atoms. The number of nitriles is 1. The largest absolute Gasteiger partial charge is 0.457 e. The second kappa shape index (κ2) is 15.1. The van der Waals surface area contributed by atoms with Gasteiger partial charge < -0.3 is 19.7 Å². The summed E-state index contributed by atoms with van der Waals surface area (Å²) in [5, 5.41) is 25.7. The molecular weight excluding hydrogens is 643 g/mol. The molecule has 234 valence electrons. The van der Waals surface area contributed by atoms with Crippen LogP contribution in [-0.4, -0.2) is 39.9 Å². The van der Waals surface area contributed by atoms with Gasteiger partial charge in [0.1, 0.15) is 32.3 Å². The lowest BCUT2D eigenvalue weighted by Gasteiger charge is -2.14. The molecule has 3 aromatic rings. The SMILES string of the molecule is CC1(C)[C@H](C=C(Cl)Cl)[C@H]1C(=O)OC(C#N)c1cccc(Oc2ccccc2)c1.O=[N+]([O-])/N=C1\NCCN1Cc1ccc(Cl)nc1. The first-order chi connectivity index (χ1) is 21.5. The van der Waals surface area contributed by atoms with Crippen LogP contribution < -0.4 is 10.1 Å². The quantitative estimate of drug-likeness (QED) is 0.112. The normalized spacial score (nSPS) is 19.2. The number of hydrazone groups is 1. The maximum Gasteiger partial charge on any atom is 0.311 e. The number of hydrogen-bond acceptors (Lipinski definition) is 7. The minimum atomic E-state index is -1.03. The van der Waals surface area contributed by atoms with E-state index in [1.54, 1.807) is 47.5 Å². The first-order valence-electron chi connectivity index (χ1n) is 13.8. The van der Waals surface area contributed by atoms with Crippen LogP contribution in [0.15, 0.2) is 88.6 Å². The van der Waals surface area contributed by atoms with E-state index in [1.165, 1.54) is 0 Å². The molecule has 0 radical (unpaired) electrons. The fraction of sp³-hybridized carbons (Fsp3) is 0.290. The van der Waals surface area contributed by atoms with Gasteiger partial charge >= 0.3 is 5.97 Å². The molecule has 2 aliphatic rings. The van der Waals surface area contributed by atoms with Gasteiger partial charge in [0.2, 0.25) is 6.10 Å². The summed E-state index contributed by atoms with van der Waals surface area (Å²) >= 11 is 17.1. The molecule has 2 fully saturated rings. The van der Waals surface area contributed by atoms with Crippen molar-refractivity contribution in [3.8, 4) is 17.6 Å². The van der Waals surface area contributed by atoms with Gasteiger partial charge in [0.15, 0.2) is 5.03 Å². The average Bonchev–Trinajstić information content (AvgIpc) is 3.28. The molecule has 1 aliphatic heterocycles. The third-order valence-corrected chi connectivity index (χ3v) is 7.74. The van der Waals surface area contributed by atoms with E-state index >= 15 is 0 Å². The van der Waals surface area contributed by atoms with Crippen molar-refractivity contribution >= 4 is 46.7 Å². The molecule has 14 heteroatoms. The molecule has 11 nitrogen and oxygen atoms in total. The van der Waals surface area contributed by atoms with E-state index in [0.29, 0.717) is 41.8 Å². The number of carbonyl (C=O) groups is 1. The molecule has 0 spiro atoms. The van der Waals surface area contributed by atoms with Gasteiger partial charge in [0, 0.05) is 31.4 Å². The predicted molar refractivity (Wildman–Crippen MR) is 170 cm³/mol. The number of benzene rings is 2. The number of aromatic nitrogens is 1. The van der Waals surface area contributed by atoms with Crippen molar-refractivity contribution in [2.75, 3.05) is 13.1 Å². The third kappa shape index (κ3) is 9.31. The second-order valence-corrected chi connectivity index (χ2v) is 12.1. The van der Waals surface area contributed by atoms with Gasteiger partial charge in [-0.1, -0.05) is 85.0 Å². The molecule has 2 aromatic carbocycles. The van der Waals surface area contributed by atoms with Gasteiger partial charge in [0.05, 0.1) is 5.92 Å². The highest BCUT2D eigenvalue weighted by Gasteiger charge is 2.62. The Bertz CT molecular complexity index is 1610. The van der Waals surface area contributed by atoms with E-state index in [2.05, 4.69) is 15.4 Å². The number of guanidine groups is 1. The first-order valence-corrected chi connectivity index (χ1v) is 14.9. The Morgan fingerprint density at radius 2 is 1.96 bits per heavy atom. The van der Waals surface area contributed by atoms with Crippen LogP contribution >= 0.6 is 34.8 Å². The van der Waals surface area contributed by atoms with Gasteiger partial charge in [-0.15, -0.1) is 0 Å². The number of nitro groups is 1. The third-order valence-electron chi connectivity index (χ3n) is 7.26. The van der Waals surface area contributed by atoms with Crippen LogP contribution in [0.4, 0.5) is 0 Å². The lowest BCUT2D eigenvalue weighted by atomic mass is 10.1. The highest BCUT2D eigenvalue weighted by Crippen LogP contribution is 2.60. The van der Waals surface area contributed by atoms with Crippen molar-refractivity contribution in [3.63, 3.8) is 0 Å². The van der Waals surface area contributed by atoms with Crippen molar-refractivity contribution in [2.24, 2.45) is 22.4 Å². The molecule has 0 amide bonds. The van der Waals surface area contributed by atoms with E-state index in [-0.39, 0.29) is 27.7 Å². The van der Waals surface area contributed by atoms with Crippen LogP contribution in [0, 0.1) is 38.7 Å². The number of rotatable bonds is 9. The zero-order chi connectivity index (χ0) is 32.6. The number of nitrogens with zero attached hydrogens (tertiary/aromatic N) is 5. The molecule has 0 bridgehead atoms. The number of pyridine rings is 1. The highest BCUT2D eigenvalue weighted by molar-refractivity contribution is 6.55. The molecule has 1 saturated carbocycles. The Kier molecular flexibility index (Phi) is 11.2. The van der Waals surface area contributed by atoms with Crippen molar-refractivity contribution in [1.82, 2.24) is 15.2 Å². The van der Waals surface area contributed by atoms with Crippen molar-refractivity contribution in [2.45, 2.75) is 26.5 Å². The summed E-state index contributed by atoms with van der Waals surface area (Å²) in [7, 11) is 0. The molecule has 1 aromatic heterocycles. The van der Waals surface area contributed by atoms with Crippen LogP contribution in [0.25, 0.3) is 0 Å². The number of carbonyl (C=O) groups excluding carboxylic acids is 1. The fourth-order valence-corrected chi connectivity index (χ4v) is 5.25. The van der Waals surface area contributed by atoms with E-state index in [9.17, 15) is 20.2 Å². The number of allylic oxidation sites excluding steroid dienone is 1. The summed E-state index contributed by atoms with van der Waals surface area (Å²) < 4.78 is 11.4. The van der Waals surface area contributed by atoms with Crippen molar-refractivity contribution < 1.29 is 19.3 Å². The maximum atomic E-state index is 12.6. The number of para-hydroxylation sites is 1. The van der Waals surface area contributed by atoms with Crippen molar-refractivity contribution in [3.05, 3.63) is 110 Å². The van der Waals surface area contributed by atoms with E-state index in [0.717, 1.165) is 5.56 Å². The Morgan fingerprint density at radius 3 is 2.60 bits per heavy atom. The topological polar surface area (TPSA) is 143 Å². The van der Waals surface area contributed by atoms with Gasteiger partial charge in [-0.05, 0) is 53.3 Å². The van der Waals surface area contributed by atoms with Gasteiger partial charge in [-0.3, -0.25) is 4.79 Å². The van der Waals surface area contributed by atoms with E-state index < -0.39 is 17.1 Å². The van der Waals surface area contributed by atoms with Crippen LogP contribution in [0.5, 0.6) is 11.5 Å². The number of esters is 1. The molecule has 1 aliphatic carbocycles. The van der Waals surface area contributed by atoms with E-state index in [1.807, 2.05) is 56.3 Å². The number of nitrogens with one attached hydrogen (secondary N) is 1. The summed E-state index contributed by atoms with van der Waals surface area (Å²) in [5.74, 6) is 0.572. The van der Waals surface area contributed by atoms with Crippen LogP contribution in [0.3, 0.4) is 0 Å². The molecule has 1 saturated heterocycles. The number of hydrogen-bond donors (Lipinski definition) is 1. The Labute approximate surface area is 275 Å². The monoisotopic (exact) mass is 670 g/mol. The molecular formula is C31H29Cl3N6O5. The molecule has 5 rings (SSSR count). The molecule has 2 heterocycles. The van der Waals surface area contributed by atoms with Crippen molar-refractivity contribution in [1.29, 1.82) is 5.26 Å². The van der Waals surface area contributed by atoms with E-state index in [4.69, 9.17) is 44.3 Å². The zero-order valence-electron chi connectivity index (χ0n) is 24.3. The minimum Gasteiger partial charge on any atom is -0.457 e. The van der Waals surface area contributed by atoms with Gasteiger partial charge in [-0.25, -0.2) is 15.1 Å². The number of halogens is 3. The summed E-state index contributed by atoms with van der Waals surface area (Å²) in [6.07, 6.45) is 2.26. The number of ether oxygens (including phenoxy) is 2. The summed E-state index contributed by atoms with van der Waals surface area (Å²) in [4.78, 5) is 28.7. The molecule has 3 atom stereocenters. The smallest absolute Gasteiger partial charge is 0.311 e. The summed E-state index contributed by atoms with van der Waals surface area (Å²) in [6, 6.07) is 21.8. The summed E-state index contributed by atoms with van der Waals surface area (Å²) in [6.45, 7) is 5.71. The lowest BCUT2D eigenvalue weighted by Crippen LogP contribution is -2.30. The average molecular weight is 672 g/mol. The Morgan fingerprint density at radius 1 is 1.22 bits per heavy atom. The van der Waals surface area contributed by atoms with Gasteiger partial charge in [0.25, 0.3) is 5.96 Å². The zero-order valence-corrected chi connectivity index (χ0v) is 26.5. The van der Waals surface area contributed by atoms with Crippen LogP contribution in [-0.2, 0) is 16.1 Å². The highest BCUT2D eigenvalue weighted by atomic mass is 35.5. The minimum absolute atomic E-state index is 0.114. The molecule has 1 N–H and O–H groups in total. The Balaban J connectivity index is 0.000000231.